The van der Waals surface area contributed by atoms with E-state index < -0.39 is 7.60 Å². The van der Waals surface area contributed by atoms with Crippen molar-refractivity contribution in [2.75, 3.05) is 19.8 Å². The molecule has 0 saturated carbocycles. The van der Waals surface area contributed by atoms with Crippen molar-refractivity contribution >= 4 is 7.60 Å². The van der Waals surface area contributed by atoms with Crippen molar-refractivity contribution in [3.63, 3.8) is 0 Å². The quantitative estimate of drug-likeness (QED) is 0.627. The van der Waals surface area contributed by atoms with Gasteiger partial charge in [0.25, 0.3) is 0 Å². The number of rotatable bonds is 9. The molecule has 0 spiro atoms. The highest BCUT2D eigenvalue weighted by Gasteiger charge is 2.33. The zero-order chi connectivity index (χ0) is 11.7. The van der Waals surface area contributed by atoms with E-state index in [2.05, 4.69) is 0 Å². The Morgan fingerprint density at radius 1 is 1.20 bits per heavy atom. The minimum Gasteiger partial charge on any atom is -0.396 e. The van der Waals surface area contributed by atoms with Crippen LogP contribution < -0.4 is 0 Å². The van der Waals surface area contributed by atoms with Crippen molar-refractivity contribution < 1.29 is 18.7 Å². The molecule has 92 valence electrons. The van der Waals surface area contributed by atoms with E-state index in [9.17, 15) is 4.57 Å². The topological polar surface area (TPSA) is 55.8 Å². The third-order valence-corrected chi connectivity index (χ3v) is 4.99. The molecule has 0 aliphatic heterocycles. The average Bonchev–Trinajstić information content (AvgIpc) is 2.19. The van der Waals surface area contributed by atoms with Gasteiger partial charge in [0.1, 0.15) is 0 Å². The first-order valence-electron chi connectivity index (χ1n) is 5.64. The highest BCUT2D eigenvalue weighted by Crippen LogP contribution is 2.55. The largest absolute Gasteiger partial charge is 0.396 e. The van der Waals surface area contributed by atoms with Crippen LogP contribution >= 0.6 is 7.60 Å². The molecule has 1 unspecified atom stereocenters. The predicted molar refractivity (Wildman–Crippen MR) is 61.3 cm³/mol. The Labute approximate surface area is 92.5 Å². The molecular formula is C10H23O4P. The van der Waals surface area contributed by atoms with Crippen molar-refractivity contribution in [3.8, 4) is 0 Å². The van der Waals surface area contributed by atoms with Crippen molar-refractivity contribution in [1.82, 2.24) is 0 Å². The Kier molecular flexibility index (Phi) is 8.34. The Hall–Kier alpha value is 0.110. The van der Waals surface area contributed by atoms with Gasteiger partial charge in [-0.15, -0.1) is 0 Å². The summed E-state index contributed by atoms with van der Waals surface area (Å²) < 4.78 is 22.9. The van der Waals surface area contributed by atoms with Crippen molar-refractivity contribution in [2.24, 2.45) is 0 Å². The van der Waals surface area contributed by atoms with Gasteiger partial charge in [-0.25, -0.2) is 0 Å². The first-order valence-corrected chi connectivity index (χ1v) is 7.25. The van der Waals surface area contributed by atoms with Crippen LogP contribution in [0, 0.1) is 0 Å². The van der Waals surface area contributed by atoms with Gasteiger partial charge in [-0.3, -0.25) is 4.57 Å². The van der Waals surface area contributed by atoms with Crippen LogP contribution in [0.15, 0.2) is 0 Å². The van der Waals surface area contributed by atoms with Crippen LogP contribution in [0.1, 0.15) is 40.0 Å². The summed E-state index contributed by atoms with van der Waals surface area (Å²) in [6.07, 6.45) is 2.07. The van der Waals surface area contributed by atoms with Gasteiger partial charge in [-0.2, -0.15) is 0 Å². The van der Waals surface area contributed by atoms with E-state index in [0.29, 0.717) is 26.1 Å². The second kappa shape index (κ2) is 8.28. The van der Waals surface area contributed by atoms with Crippen LogP contribution in [0.3, 0.4) is 0 Å². The van der Waals surface area contributed by atoms with Gasteiger partial charge in [0.2, 0.25) is 0 Å². The normalized spacial score (nSPS) is 14.1. The van der Waals surface area contributed by atoms with E-state index in [1.165, 1.54) is 0 Å². The molecule has 0 rings (SSSR count). The Morgan fingerprint density at radius 3 is 2.07 bits per heavy atom. The fourth-order valence-corrected chi connectivity index (χ4v) is 3.68. The lowest BCUT2D eigenvalue weighted by atomic mass is 10.2. The SMILES string of the molecule is CCOP(=O)(OCC)C(CC)CCCO. The molecule has 1 atom stereocenters. The standard InChI is InChI=1S/C10H23O4P/c1-4-10(8-7-9-11)15(12,13-5-2)14-6-3/h10-11H,4-9H2,1-3H3. The summed E-state index contributed by atoms with van der Waals surface area (Å²) >= 11 is 0. The Morgan fingerprint density at radius 2 is 1.73 bits per heavy atom. The predicted octanol–water partition coefficient (Wildman–Crippen LogP) is 2.80. The molecule has 0 aromatic heterocycles. The zero-order valence-electron chi connectivity index (χ0n) is 9.94. The van der Waals surface area contributed by atoms with E-state index in [1.54, 1.807) is 0 Å². The van der Waals surface area contributed by atoms with E-state index in [-0.39, 0.29) is 12.3 Å². The Bertz CT molecular complexity index is 186. The summed E-state index contributed by atoms with van der Waals surface area (Å²) in [4.78, 5) is 0. The molecule has 1 N–H and O–H groups in total. The average molecular weight is 238 g/mol. The van der Waals surface area contributed by atoms with E-state index in [1.807, 2.05) is 20.8 Å². The van der Waals surface area contributed by atoms with Crippen LogP contribution in [0.4, 0.5) is 0 Å². The van der Waals surface area contributed by atoms with E-state index in [4.69, 9.17) is 14.2 Å². The summed E-state index contributed by atoms with van der Waals surface area (Å²) in [5, 5.41) is 8.76. The van der Waals surface area contributed by atoms with Gasteiger partial charge in [0.15, 0.2) is 0 Å². The molecule has 5 heteroatoms. The molecule has 0 fully saturated rings. The molecule has 0 saturated heterocycles. The molecule has 0 aliphatic rings. The summed E-state index contributed by atoms with van der Waals surface area (Å²) in [6.45, 7) is 6.50. The molecule has 0 aliphatic carbocycles. The third kappa shape index (κ3) is 5.12. The van der Waals surface area contributed by atoms with E-state index >= 15 is 0 Å². The molecule has 0 radical (unpaired) electrons. The monoisotopic (exact) mass is 238 g/mol. The Balaban J connectivity index is 4.46. The van der Waals surface area contributed by atoms with E-state index in [0.717, 1.165) is 6.42 Å². The second-order valence-corrected chi connectivity index (χ2v) is 5.63. The maximum atomic E-state index is 12.3. The number of aliphatic hydroxyl groups is 1. The third-order valence-electron chi connectivity index (χ3n) is 2.23. The summed E-state index contributed by atoms with van der Waals surface area (Å²) in [5.74, 6) is 0. The lowest BCUT2D eigenvalue weighted by Gasteiger charge is -2.25. The highest BCUT2D eigenvalue weighted by atomic mass is 31.2. The van der Waals surface area contributed by atoms with Gasteiger partial charge in [-0.05, 0) is 33.1 Å². The van der Waals surface area contributed by atoms with Gasteiger partial charge < -0.3 is 14.2 Å². The van der Waals surface area contributed by atoms with Gasteiger partial charge in [0, 0.05) is 6.61 Å². The number of hydrogen-bond acceptors (Lipinski definition) is 4. The fraction of sp³-hybridized carbons (Fsp3) is 1.00. The number of hydrogen-bond donors (Lipinski definition) is 1. The number of aliphatic hydroxyl groups excluding tert-OH is 1. The van der Waals surface area contributed by atoms with Crippen molar-refractivity contribution in [1.29, 1.82) is 0 Å². The highest BCUT2D eigenvalue weighted by molar-refractivity contribution is 7.54. The first kappa shape index (κ1) is 15.1. The lowest BCUT2D eigenvalue weighted by Crippen LogP contribution is -2.13. The van der Waals surface area contributed by atoms with Crippen LogP contribution in [-0.4, -0.2) is 30.6 Å². The van der Waals surface area contributed by atoms with Gasteiger partial charge in [-0.1, -0.05) is 6.92 Å². The molecule has 0 heterocycles. The summed E-state index contributed by atoms with van der Waals surface area (Å²) in [7, 11) is -2.97. The molecule has 4 nitrogen and oxygen atoms in total. The molecule has 0 aromatic carbocycles. The lowest BCUT2D eigenvalue weighted by molar-refractivity contribution is 0.207. The molecular weight excluding hydrogens is 215 g/mol. The molecule has 0 aromatic rings. The minimum atomic E-state index is -2.97. The van der Waals surface area contributed by atoms with Gasteiger partial charge >= 0.3 is 7.60 Å². The van der Waals surface area contributed by atoms with Crippen LogP contribution in [0.2, 0.25) is 0 Å². The maximum absolute atomic E-state index is 12.3. The fourth-order valence-electron chi connectivity index (χ4n) is 1.52. The van der Waals surface area contributed by atoms with Crippen molar-refractivity contribution in [3.05, 3.63) is 0 Å². The van der Waals surface area contributed by atoms with Crippen LogP contribution in [0.25, 0.3) is 0 Å². The summed E-state index contributed by atoms with van der Waals surface area (Å²) in [6, 6.07) is 0. The molecule has 0 amide bonds. The first-order chi connectivity index (χ1) is 7.14. The smallest absolute Gasteiger partial charge is 0.333 e. The minimum absolute atomic E-state index is 0.0930. The molecule has 0 bridgehead atoms. The van der Waals surface area contributed by atoms with Crippen molar-refractivity contribution in [2.45, 2.75) is 45.7 Å². The van der Waals surface area contributed by atoms with Crippen LogP contribution in [-0.2, 0) is 13.6 Å². The second-order valence-electron chi connectivity index (χ2n) is 3.30. The molecule has 15 heavy (non-hydrogen) atoms. The van der Waals surface area contributed by atoms with Crippen LogP contribution in [0.5, 0.6) is 0 Å². The maximum Gasteiger partial charge on any atom is 0.333 e. The zero-order valence-corrected chi connectivity index (χ0v) is 10.8. The van der Waals surface area contributed by atoms with Gasteiger partial charge in [0.05, 0.1) is 18.9 Å². The summed E-state index contributed by atoms with van der Waals surface area (Å²) in [5.41, 5.74) is -0.0930.